The van der Waals surface area contributed by atoms with Crippen LogP contribution in [0.5, 0.6) is 0 Å². The molecule has 0 aromatic heterocycles. The number of ether oxygens (including phenoxy) is 1. The molecule has 1 fully saturated rings. The fourth-order valence-corrected chi connectivity index (χ4v) is 3.65. The summed E-state index contributed by atoms with van der Waals surface area (Å²) in [4.78, 5) is 29.1. The van der Waals surface area contributed by atoms with Gasteiger partial charge in [-0.1, -0.05) is 36.4 Å². The smallest absolute Gasteiger partial charge is 0.313 e. The molecule has 0 unspecified atom stereocenters. The Bertz CT molecular complexity index is 846. The molecule has 6 nitrogen and oxygen atoms in total. The predicted octanol–water partition coefficient (Wildman–Crippen LogP) is 2.05. The van der Waals surface area contributed by atoms with Crippen LogP contribution in [0.3, 0.4) is 0 Å². The third-order valence-electron chi connectivity index (χ3n) is 5.12. The van der Waals surface area contributed by atoms with E-state index in [1.807, 2.05) is 42.5 Å². The van der Waals surface area contributed by atoms with Crippen LogP contribution in [0.4, 0.5) is 11.4 Å². The number of carbonyl (C=O) groups is 2. The topological polar surface area (TPSA) is 61.9 Å². The van der Waals surface area contributed by atoms with Crippen molar-refractivity contribution in [3.05, 3.63) is 59.7 Å². The average molecular weight is 365 g/mol. The van der Waals surface area contributed by atoms with E-state index in [0.717, 1.165) is 30.8 Å². The number of para-hydroxylation sites is 2. The first-order valence-corrected chi connectivity index (χ1v) is 9.31. The lowest BCUT2D eigenvalue weighted by Crippen LogP contribution is -2.43. The Morgan fingerprint density at radius 1 is 0.889 bits per heavy atom. The standard InChI is InChI=1S/C21H23N3O3/c25-20(21(26)24-10-9-16-5-1-2-6-17(16)15-24)22-18-7-3-4-8-19(18)23-11-13-27-14-12-23/h1-8H,9-15H2,(H,22,25). The summed E-state index contributed by atoms with van der Waals surface area (Å²) in [6.07, 6.45) is 0.777. The van der Waals surface area contributed by atoms with E-state index in [-0.39, 0.29) is 0 Å². The van der Waals surface area contributed by atoms with Crippen molar-refractivity contribution in [1.29, 1.82) is 0 Å². The number of nitrogens with zero attached hydrogens (tertiary/aromatic N) is 2. The highest BCUT2D eigenvalue weighted by Crippen LogP contribution is 2.26. The van der Waals surface area contributed by atoms with E-state index >= 15 is 0 Å². The van der Waals surface area contributed by atoms with Crippen molar-refractivity contribution in [3.63, 3.8) is 0 Å². The van der Waals surface area contributed by atoms with Gasteiger partial charge in [0.15, 0.2) is 0 Å². The molecule has 2 aromatic carbocycles. The second-order valence-electron chi connectivity index (χ2n) is 6.82. The molecule has 1 saturated heterocycles. The Hall–Kier alpha value is -2.86. The zero-order chi connectivity index (χ0) is 18.6. The minimum absolute atomic E-state index is 0.480. The summed E-state index contributed by atoms with van der Waals surface area (Å²) >= 11 is 0. The first-order chi connectivity index (χ1) is 13.2. The SMILES string of the molecule is O=C(Nc1ccccc1N1CCOCC1)C(=O)N1CCc2ccccc2C1. The van der Waals surface area contributed by atoms with Gasteiger partial charge in [0.05, 0.1) is 24.6 Å². The molecule has 0 bridgehead atoms. The number of amides is 2. The number of fused-ring (bicyclic) bond motifs is 1. The summed E-state index contributed by atoms with van der Waals surface area (Å²) in [5, 5.41) is 2.82. The lowest BCUT2D eigenvalue weighted by atomic mass is 10.00. The molecule has 0 radical (unpaired) electrons. The highest BCUT2D eigenvalue weighted by Gasteiger charge is 2.26. The highest BCUT2D eigenvalue weighted by molar-refractivity contribution is 6.39. The normalized spacial score (nSPS) is 16.6. The molecular weight excluding hydrogens is 342 g/mol. The van der Waals surface area contributed by atoms with E-state index in [1.165, 1.54) is 5.56 Å². The van der Waals surface area contributed by atoms with Gasteiger partial charge in [-0.15, -0.1) is 0 Å². The minimum atomic E-state index is -0.588. The van der Waals surface area contributed by atoms with Crippen LogP contribution in [0.15, 0.2) is 48.5 Å². The van der Waals surface area contributed by atoms with E-state index in [2.05, 4.69) is 16.3 Å². The molecule has 2 aliphatic rings. The van der Waals surface area contributed by atoms with Gasteiger partial charge < -0.3 is 19.9 Å². The van der Waals surface area contributed by atoms with E-state index < -0.39 is 11.8 Å². The summed E-state index contributed by atoms with van der Waals surface area (Å²) < 4.78 is 5.40. The highest BCUT2D eigenvalue weighted by atomic mass is 16.5. The third kappa shape index (κ3) is 3.80. The van der Waals surface area contributed by atoms with Crippen molar-refractivity contribution in [2.75, 3.05) is 43.1 Å². The van der Waals surface area contributed by atoms with Crippen LogP contribution in [-0.4, -0.2) is 49.6 Å². The molecule has 140 valence electrons. The quantitative estimate of drug-likeness (QED) is 0.828. The monoisotopic (exact) mass is 365 g/mol. The van der Waals surface area contributed by atoms with Gasteiger partial charge in [0, 0.05) is 26.2 Å². The molecular formula is C21H23N3O3. The second-order valence-corrected chi connectivity index (χ2v) is 6.82. The van der Waals surface area contributed by atoms with Crippen molar-refractivity contribution in [2.45, 2.75) is 13.0 Å². The van der Waals surface area contributed by atoms with E-state index in [9.17, 15) is 9.59 Å². The van der Waals surface area contributed by atoms with E-state index in [0.29, 0.717) is 32.0 Å². The van der Waals surface area contributed by atoms with Crippen LogP contribution in [0.25, 0.3) is 0 Å². The lowest BCUT2D eigenvalue weighted by Gasteiger charge is -2.31. The molecule has 6 heteroatoms. The molecule has 2 amide bonds. The zero-order valence-electron chi connectivity index (χ0n) is 15.2. The Morgan fingerprint density at radius 3 is 2.41 bits per heavy atom. The van der Waals surface area contributed by atoms with Crippen LogP contribution in [0.2, 0.25) is 0 Å². The zero-order valence-corrected chi connectivity index (χ0v) is 15.2. The van der Waals surface area contributed by atoms with Crippen molar-refractivity contribution in [3.8, 4) is 0 Å². The summed E-state index contributed by atoms with van der Waals surface area (Å²) in [5.74, 6) is -1.07. The second kappa shape index (κ2) is 7.80. The van der Waals surface area contributed by atoms with Gasteiger partial charge in [0.1, 0.15) is 0 Å². The van der Waals surface area contributed by atoms with Gasteiger partial charge in [-0.05, 0) is 29.7 Å². The number of rotatable bonds is 2. The Kier molecular flexibility index (Phi) is 5.07. The summed E-state index contributed by atoms with van der Waals surface area (Å²) in [6, 6.07) is 15.7. The van der Waals surface area contributed by atoms with Crippen LogP contribution in [-0.2, 0) is 27.3 Å². The first-order valence-electron chi connectivity index (χ1n) is 9.31. The number of benzene rings is 2. The first kappa shape index (κ1) is 17.5. The molecule has 2 aromatic rings. The van der Waals surface area contributed by atoms with Gasteiger partial charge in [-0.2, -0.15) is 0 Å². The minimum Gasteiger partial charge on any atom is -0.378 e. The average Bonchev–Trinajstić information content (AvgIpc) is 2.74. The Morgan fingerprint density at radius 2 is 1.59 bits per heavy atom. The Balaban J connectivity index is 1.46. The number of anilines is 2. The van der Waals surface area contributed by atoms with Gasteiger partial charge in [0.2, 0.25) is 0 Å². The largest absolute Gasteiger partial charge is 0.378 e. The molecule has 0 aliphatic carbocycles. The molecule has 2 aliphatic heterocycles. The van der Waals surface area contributed by atoms with Crippen LogP contribution in [0, 0.1) is 0 Å². The van der Waals surface area contributed by atoms with Gasteiger partial charge in [0.25, 0.3) is 0 Å². The van der Waals surface area contributed by atoms with Crippen molar-refractivity contribution in [2.24, 2.45) is 0 Å². The van der Waals surface area contributed by atoms with Crippen LogP contribution < -0.4 is 10.2 Å². The summed E-state index contributed by atoms with van der Waals surface area (Å²) in [7, 11) is 0. The van der Waals surface area contributed by atoms with E-state index in [4.69, 9.17) is 4.74 Å². The maximum absolute atomic E-state index is 12.7. The van der Waals surface area contributed by atoms with Gasteiger partial charge >= 0.3 is 11.8 Å². The van der Waals surface area contributed by atoms with Crippen LogP contribution >= 0.6 is 0 Å². The lowest BCUT2D eigenvalue weighted by molar-refractivity contribution is -0.143. The maximum atomic E-state index is 12.7. The number of nitrogens with one attached hydrogen (secondary N) is 1. The van der Waals surface area contributed by atoms with Crippen molar-refractivity contribution in [1.82, 2.24) is 4.90 Å². The summed E-state index contributed by atoms with van der Waals surface area (Å²) in [5.41, 5.74) is 3.94. The maximum Gasteiger partial charge on any atom is 0.313 e. The molecule has 0 atom stereocenters. The molecule has 0 spiro atoms. The number of morpholine rings is 1. The molecule has 27 heavy (non-hydrogen) atoms. The number of hydrogen-bond acceptors (Lipinski definition) is 4. The number of carbonyl (C=O) groups excluding carboxylic acids is 2. The van der Waals surface area contributed by atoms with Crippen LogP contribution in [0.1, 0.15) is 11.1 Å². The Labute approximate surface area is 158 Å². The van der Waals surface area contributed by atoms with Crippen molar-refractivity contribution < 1.29 is 14.3 Å². The van der Waals surface area contributed by atoms with Gasteiger partial charge in [-0.25, -0.2) is 0 Å². The van der Waals surface area contributed by atoms with Crippen molar-refractivity contribution >= 4 is 23.2 Å². The van der Waals surface area contributed by atoms with E-state index in [1.54, 1.807) is 4.90 Å². The number of hydrogen-bond donors (Lipinski definition) is 1. The fourth-order valence-electron chi connectivity index (χ4n) is 3.65. The predicted molar refractivity (Wildman–Crippen MR) is 104 cm³/mol. The summed E-state index contributed by atoms with van der Waals surface area (Å²) in [6.45, 7) is 3.90. The fraction of sp³-hybridized carbons (Fsp3) is 0.333. The van der Waals surface area contributed by atoms with Gasteiger partial charge in [-0.3, -0.25) is 9.59 Å². The third-order valence-corrected chi connectivity index (χ3v) is 5.12. The molecule has 2 heterocycles. The molecule has 1 N–H and O–H groups in total. The molecule has 0 saturated carbocycles. The molecule has 4 rings (SSSR count).